The summed E-state index contributed by atoms with van der Waals surface area (Å²) in [4.78, 5) is 9.58. The van der Waals surface area contributed by atoms with E-state index in [1.807, 2.05) is 38.1 Å². The first-order chi connectivity index (χ1) is 8.60. The zero-order valence-electron chi connectivity index (χ0n) is 11.0. The van der Waals surface area contributed by atoms with Gasteiger partial charge >= 0.3 is 8.38 Å². The molecule has 0 radical (unpaired) electrons. The number of methoxy groups -OCH3 is 1. The van der Waals surface area contributed by atoms with Gasteiger partial charge in [0, 0.05) is 10.4 Å². The first-order valence-corrected chi connectivity index (χ1v) is 6.71. The highest BCUT2D eigenvalue weighted by Gasteiger charge is 2.04. The van der Waals surface area contributed by atoms with E-state index in [-0.39, 0.29) is 0 Å². The van der Waals surface area contributed by atoms with Gasteiger partial charge in [-0.2, -0.15) is 0 Å². The summed E-state index contributed by atoms with van der Waals surface area (Å²) in [5.41, 5.74) is 2.60. The van der Waals surface area contributed by atoms with Gasteiger partial charge in [-0.3, -0.25) is 0 Å². The third-order valence-electron chi connectivity index (χ3n) is 2.42. The summed E-state index contributed by atoms with van der Waals surface area (Å²) in [5, 5.41) is 1.85. The summed E-state index contributed by atoms with van der Waals surface area (Å²) in [7, 11) is -0.0991. The molecule has 0 aliphatic rings. The van der Waals surface area contributed by atoms with Crippen LogP contribution in [0.25, 0.3) is 11.5 Å². The Kier molecular flexibility index (Phi) is 5.71. The quantitative estimate of drug-likeness (QED) is 0.669. The standard InChI is InChI=1S/C14H17O3P/c1-5-10-18(15)17-12(3)14-9-7-6-8-13(14)11(2)16-4/h6-9,15H,1-4H3/b13-11+,14-12+. The average Bonchev–Trinajstić information content (AvgIpc) is 2.38. The lowest BCUT2D eigenvalue weighted by Gasteiger charge is -2.07. The normalized spacial score (nSPS) is 14.9. The monoisotopic (exact) mass is 264 g/mol. The molecule has 0 saturated heterocycles. The lowest BCUT2D eigenvalue weighted by atomic mass is 10.2. The fourth-order valence-corrected chi connectivity index (χ4v) is 2.10. The maximum atomic E-state index is 9.58. The summed E-state index contributed by atoms with van der Waals surface area (Å²) in [6, 6.07) is 7.73. The van der Waals surface area contributed by atoms with E-state index in [0.29, 0.717) is 5.76 Å². The first kappa shape index (κ1) is 14.6. The topological polar surface area (TPSA) is 38.7 Å². The van der Waals surface area contributed by atoms with Crippen molar-refractivity contribution in [2.45, 2.75) is 20.8 Å². The molecule has 0 spiro atoms. The van der Waals surface area contributed by atoms with Crippen molar-refractivity contribution in [3.63, 3.8) is 0 Å². The van der Waals surface area contributed by atoms with E-state index in [2.05, 4.69) is 11.6 Å². The molecule has 1 unspecified atom stereocenters. The number of hydrogen-bond acceptors (Lipinski definition) is 3. The zero-order chi connectivity index (χ0) is 13.5. The van der Waals surface area contributed by atoms with Gasteiger partial charge < -0.3 is 14.2 Å². The molecule has 0 aliphatic carbocycles. The highest BCUT2D eigenvalue weighted by atomic mass is 31.2. The van der Waals surface area contributed by atoms with Crippen LogP contribution in [0.1, 0.15) is 20.8 Å². The van der Waals surface area contributed by atoms with Crippen molar-refractivity contribution >= 4 is 19.9 Å². The largest absolute Gasteiger partial charge is 0.501 e. The number of hydrogen-bond donors (Lipinski definition) is 1. The minimum absolute atomic E-state index is 0.637. The third kappa shape index (κ3) is 3.77. The summed E-state index contributed by atoms with van der Waals surface area (Å²) < 4.78 is 10.6. The van der Waals surface area contributed by atoms with Crippen LogP contribution in [0, 0.1) is 11.6 Å². The molecule has 0 amide bonds. The predicted octanol–water partition coefficient (Wildman–Crippen LogP) is 1.89. The van der Waals surface area contributed by atoms with Gasteiger partial charge in [0.05, 0.1) is 7.11 Å². The molecule has 0 bridgehead atoms. The van der Waals surface area contributed by atoms with E-state index in [9.17, 15) is 4.89 Å². The van der Waals surface area contributed by atoms with Gasteiger partial charge in [0.1, 0.15) is 11.5 Å². The van der Waals surface area contributed by atoms with Crippen molar-refractivity contribution in [2.75, 3.05) is 7.11 Å². The van der Waals surface area contributed by atoms with Crippen molar-refractivity contribution in [2.24, 2.45) is 0 Å². The fourth-order valence-electron chi connectivity index (χ4n) is 1.50. The molecular formula is C14H17O3P. The molecule has 1 aromatic rings. The smallest absolute Gasteiger partial charge is 0.314 e. The Bertz CT molecular complexity index is 581. The Balaban J connectivity index is 3.34. The van der Waals surface area contributed by atoms with Gasteiger partial charge in [0.2, 0.25) is 0 Å². The Morgan fingerprint density at radius 3 is 2.22 bits per heavy atom. The Morgan fingerprint density at radius 2 is 1.72 bits per heavy atom. The van der Waals surface area contributed by atoms with Crippen molar-refractivity contribution in [1.82, 2.24) is 0 Å². The lowest BCUT2D eigenvalue weighted by Crippen LogP contribution is -2.28. The number of ether oxygens (including phenoxy) is 1. The van der Waals surface area contributed by atoms with E-state index < -0.39 is 8.38 Å². The molecule has 96 valence electrons. The minimum atomic E-state index is -1.73. The molecule has 1 N–H and O–H groups in total. The van der Waals surface area contributed by atoms with Gasteiger partial charge in [-0.15, -0.1) is 0 Å². The summed E-state index contributed by atoms with van der Waals surface area (Å²) >= 11 is 0. The van der Waals surface area contributed by atoms with Crippen LogP contribution in [0.3, 0.4) is 0 Å². The minimum Gasteiger partial charge on any atom is -0.501 e. The van der Waals surface area contributed by atoms with Crippen LogP contribution >= 0.6 is 8.38 Å². The third-order valence-corrected chi connectivity index (χ3v) is 3.28. The van der Waals surface area contributed by atoms with Crippen molar-refractivity contribution in [3.05, 3.63) is 34.7 Å². The van der Waals surface area contributed by atoms with Crippen LogP contribution in [0.5, 0.6) is 0 Å². The van der Waals surface area contributed by atoms with Crippen LogP contribution in [0.4, 0.5) is 0 Å². The zero-order valence-corrected chi connectivity index (χ0v) is 11.9. The summed E-state index contributed by atoms with van der Waals surface area (Å²) in [6.45, 7) is 5.37. The van der Waals surface area contributed by atoms with E-state index in [0.717, 1.165) is 16.2 Å². The van der Waals surface area contributed by atoms with E-state index in [1.54, 1.807) is 14.0 Å². The first-order valence-electron chi connectivity index (χ1n) is 5.50. The van der Waals surface area contributed by atoms with E-state index >= 15 is 0 Å². The highest BCUT2D eigenvalue weighted by molar-refractivity contribution is 7.52. The number of rotatable bonds is 3. The Labute approximate surface area is 109 Å². The molecule has 3 nitrogen and oxygen atoms in total. The Hall–Kier alpha value is -1.49. The maximum absolute atomic E-state index is 9.58. The van der Waals surface area contributed by atoms with Crippen LogP contribution in [0.2, 0.25) is 0 Å². The number of benzene rings is 1. The average molecular weight is 264 g/mol. The van der Waals surface area contributed by atoms with Crippen LogP contribution in [-0.4, -0.2) is 12.0 Å². The van der Waals surface area contributed by atoms with Crippen LogP contribution < -0.4 is 10.4 Å². The van der Waals surface area contributed by atoms with Crippen molar-refractivity contribution in [1.29, 1.82) is 0 Å². The van der Waals surface area contributed by atoms with Gasteiger partial charge in [-0.05, 0) is 26.4 Å². The summed E-state index contributed by atoms with van der Waals surface area (Å²) in [5.74, 6) is 4.07. The lowest BCUT2D eigenvalue weighted by molar-refractivity contribution is 0.360. The molecule has 18 heavy (non-hydrogen) atoms. The SMILES string of the molecule is CC#CP(O)O/C(C)=c1\cccc\c1=C(\C)OC. The summed E-state index contributed by atoms with van der Waals surface area (Å²) in [6.07, 6.45) is 0. The van der Waals surface area contributed by atoms with Gasteiger partial charge in [-0.25, -0.2) is 0 Å². The second-order valence-corrected chi connectivity index (χ2v) is 4.54. The molecule has 1 rings (SSSR count). The van der Waals surface area contributed by atoms with E-state index in [1.165, 1.54) is 0 Å². The molecule has 1 aromatic carbocycles. The van der Waals surface area contributed by atoms with Crippen LogP contribution in [0.15, 0.2) is 24.3 Å². The molecule has 0 saturated carbocycles. The van der Waals surface area contributed by atoms with Crippen molar-refractivity contribution < 1.29 is 14.2 Å². The fraction of sp³-hybridized carbons (Fsp3) is 0.286. The molecule has 0 heterocycles. The second kappa shape index (κ2) is 7.06. The molecule has 0 fully saturated rings. The van der Waals surface area contributed by atoms with Crippen molar-refractivity contribution in [3.8, 4) is 11.6 Å². The molecule has 4 heteroatoms. The van der Waals surface area contributed by atoms with Gasteiger partial charge in [0.15, 0.2) is 0 Å². The molecule has 0 aromatic heterocycles. The predicted molar refractivity (Wildman–Crippen MR) is 74.5 cm³/mol. The highest BCUT2D eigenvalue weighted by Crippen LogP contribution is 2.32. The van der Waals surface area contributed by atoms with E-state index in [4.69, 9.17) is 9.26 Å². The Morgan fingerprint density at radius 1 is 1.17 bits per heavy atom. The molecular weight excluding hydrogens is 247 g/mol. The van der Waals surface area contributed by atoms with Gasteiger partial charge in [-0.1, -0.05) is 30.2 Å². The molecule has 1 atom stereocenters. The maximum Gasteiger partial charge on any atom is 0.314 e. The second-order valence-electron chi connectivity index (χ2n) is 3.59. The van der Waals surface area contributed by atoms with Crippen LogP contribution in [-0.2, 0) is 9.26 Å². The van der Waals surface area contributed by atoms with Gasteiger partial charge in [0.25, 0.3) is 0 Å². The molecule has 0 aliphatic heterocycles.